The maximum absolute atomic E-state index is 12.1. The van der Waals surface area contributed by atoms with Gasteiger partial charge in [-0.25, -0.2) is 4.79 Å². The Morgan fingerprint density at radius 3 is 2.72 bits per heavy atom. The Morgan fingerprint density at radius 1 is 1.40 bits per heavy atom. The van der Waals surface area contributed by atoms with Gasteiger partial charge in [-0.1, -0.05) is 13.0 Å². The first-order valence-electron chi connectivity index (χ1n) is 7.83. The molecular formula is C18H20N4O3. The van der Waals surface area contributed by atoms with Gasteiger partial charge in [-0.05, 0) is 31.0 Å². The lowest BCUT2D eigenvalue weighted by molar-refractivity contribution is -0.116. The molecule has 130 valence electrons. The number of nitrogens with zero attached hydrogens (tertiary/aromatic N) is 2. The van der Waals surface area contributed by atoms with Crippen LogP contribution < -0.4 is 11.1 Å². The van der Waals surface area contributed by atoms with E-state index in [1.165, 1.54) is 17.9 Å². The molecule has 1 heterocycles. The monoisotopic (exact) mass is 340 g/mol. The molecule has 0 spiro atoms. The third-order valence-corrected chi connectivity index (χ3v) is 3.77. The van der Waals surface area contributed by atoms with Gasteiger partial charge in [0.15, 0.2) is 5.69 Å². The van der Waals surface area contributed by atoms with Crippen LogP contribution in [0.5, 0.6) is 0 Å². The number of nitrogen functional groups attached to an aromatic ring is 1. The van der Waals surface area contributed by atoms with Gasteiger partial charge in [0, 0.05) is 18.3 Å². The zero-order valence-corrected chi connectivity index (χ0v) is 14.4. The number of carbonyl (C=O) groups is 2. The van der Waals surface area contributed by atoms with Crippen molar-refractivity contribution in [1.82, 2.24) is 4.57 Å². The summed E-state index contributed by atoms with van der Waals surface area (Å²) in [6, 6.07) is 7.30. The maximum Gasteiger partial charge on any atom is 0.357 e. The fourth-order valence-corrected chi connectivity index (χ4v) is 2.50. The van der Waals surface area contributed by atoms with Crippen LogP contribution in [0.1, 0.15) is 41.4 Å². The molecule has 0 bridgehead atoms. The summed E-state index contributed by atoms with van der Waals surface area (Å²) in [4.78, 5) is 23.9. The molecule has 25 heavy (non-hydrogen) atoms. The van der Waals surface area contributed by atoms with Crippen molar-refractivity contribution in [2.24, 2.45) is 0 Å². The van der Waals surface area contributed by atoms with E-state index in [1.54, 1.807) is 12.1 Å². The van der Waals surface area contributed by atoms with Gasteiger partial charge in [0.2, 0.25) is 5.91 Å². The molecule has 7 heteroatoms. The summed E-state index contributed by atoms with van der Waals surface area (Å²) in [5, 5.41) is 12.0. The number of methoxy groups -OCH3 is 1. The second kappa shape index (κ2) is 7.53. The van der Waals surface area contributed by atoms with E-state index in [2.05, 4.69) is 5.32 Å². The molecule has 0 aliphatic rings. The first-order valence-corrected chi connectivity index (χ1v) is 7.83. The predicted octanol–water partition coefficient (Wildman–Crippen LogP) is 2.76. The minimum atomic E-state index is -0.640. The van der Waals surface area contributed by atoms with E-state index in [0.717, 1.165) is 12.0 Å². The van der Waals surface area contributed by atoms with Gasteiger partial charge in [0.1, 0.15) is 6.07 Å². The van der Waals surface area contributed by atoms with E-state index in [1.807, 2.05) is 26.0 Å². The van der Waals surface area contributed by atoms with Crippen molar-refractivity contribution in [1.29, 1.82) is 5.26 Å². The van der Waals surface area contributed by atoms with Crippen LogP contribution in [0, 0.1) is 18.3 Å². The fourth-order valence-electron chi connectivity index (χ4n) is 2.50. The summed E-state index contributed by atoms with van der Waals surface area (Å²) in [7, 11) is 1.25. The Hall–Kier alpha value is -3.27. The Kier molecular flexibility index (Phi) is 5.45. The molecule has 2 aromatic rings. The van der Waals surface area contributed by atoms with Crippen molar-refractivity contribution in [3.8, 4) is 11.8 Å². The standard InChI is InChI=1S/C18H20N4O3/c1-4-5-15(23)21-13-7-6-11(2)14(8-13)22-10-12(9-19)16(20)17(22)18(24)25-3/h6-8,10H,4-5,20H2,1-3H3,(H,21,23). The SMILES string of the molecule is CCCC(=O)Nc1ccc(C)c(-n2cc(C#N)c(N)c2C(=O)OC)c1. The number of anilines is 2. The Balaban J connectivity index is 2.56. The van der Waals surface area contributed by atoms with Crippen molar-refractivity contribution in [3.05, 3.63) is 41.2 Å². The van der Waals surface area contributed by atoms with Crippen molar-refractivity contribution >= 4 is 23.3 Å². The molecule has 0 aliphatic carbocycles. The van der Waals surface area contributed by atoms with Gasteiger partial charge < -0.3 is 20.4 Å². The number of hydrogen-bond donors (Lipinski definition) is 2. The lowest BCUT2D eigenvalue weighted by atomic mass is 10.1. The third kappa shape index (κ3) is 3.63. The predicted molar refractivity (Wildman–Crippen MR) is 94.5 cm³/mol. The Labute approximate surface area is 146 Å². The lowest BCUT2D eigenvalue weighted by Crippen LogP contribution is -2.13. The van der Waals surface area contributed by atoms with E-state index >= 15 is 0 Å². The smallest absolute Gasteiger partial charge is 0.357 e. The van der Waals surface area contributed by atoms with Gasteiger partial charge in [-0.2, -0.15) is 5.26 Å². The number of nitriles is 1. The number of ether oxygens (including phenoxy) is 1. The zero-order valence-electron chi connectivity index (χ0n) is 14.4. The number of aryl methyl sites for hydroxylation is 1. The number of carbonyl (C=O) groups excluding carboxylic acids is 2. The average Bonchev–Trinajstić information content (AvgIpc) is 2.92. The molecule has 0 fully saturated rings. The number of benzene rings is 1. The average molecular weight is 340 g/mol. The molecule has 7 nitrogen and oxygen atoms in total. The molecule has 0 radical (unpaired) electrons. The number of hydrogen-bond acceptors (Lipinski definition) is 5. The summed E-state index contributed by atoms with van der Waals surface area (Å²) in [5.41, 5.74) is 8.32. The topological polar surface area (TPSA) is 110 Å². The highest BCUT2D eigenvalue weighted by Crippen LogP contribution is 2.28. The Bertz CT molecular complexity index is 862. The minimum Gasteiger partial charge on any atom is -0.464 e. The van der Waals surface area contributed by atoms with Crippen LogP contribution in [0.15, 0.2) is 24.4 Å². The van der Waals surface area contributed by atoms with Crippen molar-refractivity contribution in [2.75, 3.05) is 18.2 Å². The molecule has 1 aromatic heterocycles. The number of nitrogens with two attached hydrogens (primary N) is 1. The zero-order chi connectivity index (χ0) is 18.6. The molecule has 3 N–H and O–H groups in total. The highest BCUT2D eigenvalue weighted by molar-refractivity contribution is 5.96. The summed E-state index contributed by atoms with van der Waals surface area (Å²) in [6.07, 6.45) is 2.66. The van der Waals surface area contributed by atoms with Crippen LogP contribution in [0.3, 0.4) is 0 Å². The first kappa shape index (κ1) is 18.1. The molecule has 1 aromatic carbocycles. The first-order chi connectivity index (χ1) is 11.9. The number of rotatable bonds is 5. The largest absolute Gasteiger partial charge is 0.464 e. The highest BCUT2D eigenvalue weighted by Gasteiger charge is 2.22. The molecule has 0 aliphatic heterocycles. The number of nitrogens with one attached hydrogen (secondary N) is 1. The van der Waals surface area contributed by atoms with Gasteiger partial charge in [0.25, 0.3) is 0 Å². The van der Waals surface area contributed by atoms with Crippen LogP contribution in [0.25, 0.3) is 5.69 Å². The molecule has 1 amide bonds. The van der Waals surface area contributed by atoms with E-state index in [4.69, 9.17) is 10.5 Å². The van der Waals surface area contributed by atoms with Crippen LogP contribution in [-0.2, 0) is 9.53 Å². The van der Waals surface area contributed by atoms with Crippen LogP contribution in [-0.4, -0.2) is 23.6 Å². The molecule has 0 saturated carbocycles. The van der Waals surface area contributed by atoms with Gasteiger partial charge in [-0.15, -0.1) is 0 Å². The van der Waals surface area contributed by atoms with Gasteiger partial charge >= 0.3 is 5.97 Å². The minimum absolute atomic E-state index is 0.0640. The number of amides is 1. The lowest BCUT2D eigenvalue weighted by Gasteiger charge is -2.13. The summed E-state index contributed by atoms with van der Waals surface area (Å²) < 4.78 is 6.30. The second-order valence-corrected chi connectivity index (χ2v) is 5.58. The summed E-state index contributed by atoms with van der Waals surface area (Å²) in [5.74, 6) is -0.728. The summed E-state index contributed by atoms with van der Waals surface area (Å²) in [6.45, 7) is 3.78. The van der Waals surface area contributed by atoms with Crippen LogP contribution in [0.4, 0.5) is 11.4 Å². The van der Waals surface area contributed by atoms with E-state index < -0.39 is 5.97 Å². The third-order valence-electron chi connectivity index (χ3n) is 3.77. The van der Waals surface area contributed by atoms with E-state index in [-0.39, 0.29) is 22.9 Å². The summed E-state index contributed by atoms with van der Waals surface area (Å²) >= 11 is 0. The van der Waals surface area contributed by atoms with Crippen LogP contribution >= 0.6 is 0 Å². The molecule has 0 atom stereocenters. The fraction of sp³-hybridized carbons (Fsp3) is 0.278. The highest BCUT2D eigenvalue weighted by atomic mass is 16.5. The van der Waals surface area contributed by atoms with Gasteiger partial charge in [-0.3, -0.25) is 4.79 Å². The van der Waals surface area contributed by atoms with Crippen molar-refractivity contribution in [2.45, 2.75) is 26.7 Å². The normalized spacial score (nSPS) is 10.2. The molecule has 0 saturated heterocycles. The van der Waals surface area contributed by atoms with Crippen molar-refractivity contribution in [3.63, 3.8) is 0 Å². The molecule has 2 rings (SSSR count). The van der Waals surface area contributed by atoms with E-state index in [0.29, 0.717) is 17.8 Å². The number of esters is 1. The maximum atomic E-state index is 12.1. The van der Waals surface area contributed by atoms with Crippen molar-refractivity contribution < 1.29 is 14.3 Å². The number of aromatic nitrogens is 1. The van der Waals surface area contributed by atoms with Crippen LogP contribution in [0.2, 0.25) is 0 Å². The van der Waals surface area contributed by atoms with E-state index in [9.17, 15) is 14.9 Å². The quantitative estimate of drug-likeness (QED) is 0.813. The Morgan fingerprint density at radius 2 is 2.12 bits per heavy atom. The van der Waals surface area contributed by atoms with Gasteiger partial charge in [0.05, 0.1) is 24.0 Å². The molecule has 0 unspecified atom stereocenters. The second-order valence-electron chi connectivity index (χ2n) is 5.58. The molecular weight excluding hydrogens is 320 g/mol.